The fourth-order valence-corrected chi connectivity index (χ4v) is 0.554. The largest absolute Gasteiger partial charge is 0.365 e. The lowest BCUT2D eigenvalue weighted by Crippen LogP contribution is -2.18. The summed E-state index contributed by atoms with van der Waals surface area (Å²) in [5.41, 5.74) is 0. The highest BCUT2D eigenvalue weighted by atomic mass is 32.2. The Bertz CT molecular complexity index is 71.8. The summed E-state index contributed by atoms with van der Waals surface area (Å²) in [6, 6.07) is 0. The maximum atomic E-state index is 11.9. The van der Waals surface area contributed by atoms with Crippen molar-refractivity contribution in [3.8, 4) is 0 Å². The molecule has 0 aliphatic heterocycles. The molecule has 0 fully saturated rings. The summed E-state index contributed by atoms with van der Waals surface area (Å²) in [7, 11) is 0. The summed E-state index contributed by atoms with van der Waals surface area (Å²) >= 11 is 1.39. The van der Waals surface area contributed by atoms with Crippen molar-refractivity contribution in [2.24, 2.45) is 0 Å². The van der Waals surface area contributed by atoms with E-state index < -0.39 is 12.5 Å². The first-order valence-corrected chi connectivity index (χ1v) is 3.90. The van der Waals surface area contributed by atoms with Crippen LogP contribution in [0.15, 0.2) is 0 Å². The van der Waals surface area contributed by atoms with Gasteiger partial charge < -0.3 is 4.74 Å². The van der Waals surface area contributed by atoms with Crippen LogP contribution in [0, 0.1) is 0 Å². The lowest BCUT2D eigenvalue weighted by Gasteiger charge is -2.08. The maximum absolute atomic E-state index is 11.9. The molecule has 56 valence electrons. The average Bonchev–Trinajstić information content (AvgIpc) is 1.63. The second kappa shape index (κ2) is 4.06. The Balaban J connectivity index is 3.07. The zero-order valence-corrected chi connectivity index (χ0v) is 6.30. The summed E-state index contributed by atoms with van der Waals surface area (Å²) < 4.78 is 28.4. The minimum absolute atomic E-state index is 0.337. The van der Waals surface area contributed by atoms with E-state index in [-0.39, 0.29) is 0 Å². The predicted octanol–water partition coefficient (Wildman–Crippen LogP) is 1.98. The monoisotopic (exact) mass is 156 g/mol. The zero-order chi connectivity index (χ0) is 7.33. The molecule has 0 rings (SSSR count). The molecule has 4 heteroatoms. The van der Waals surface area contributed by atoms with Gasteiger partial charge in [0.25, 0.3) is 5.92 Å². The van der Waals surface area contributed by atoms with Gasteiger partial charge in [-0.15, -0.1) is 11.8 Å². The highest BCUT2D eigenvalue weighted by molar-refractivity contribution is 7.98. The molecule has 0 amide bonds. The highest BCUT2D eigenvalue weighted by Gasteiger charge is 2.20. The maximum Gasteiger partial charge on any atom is 0.268 e. The molecule has 0 aromatic carbocycles. The second-order valence-corrected chi connectivity index (χ2v) is 2.64. The highest BCUT2D eigenvalue weighted by Crippen LogP contribution is 2.11. The van der Waals surface area contributed by atoms with Crippen molar-refractivity contribution >= 4 is 11.8 Å². The number of hydrogen-bond donors (Lipinski definition) is 0. The van der Waals surface area contributed by atoms with Crippen LogP contribution in [0.3, 0.4) is 0 Å². The Labute approximate surface area is 57.8 Å². The minimum atomic E-state index is -2.68. The fourth-order valence-electron chi connectivity index (χ4n) is 0.304. The third-order valence-corrected chi connectivity index (χ3v) is 0.959. The van der Waals surface area contributed by atoms with Crippen LogP contribution in [0.2, 0.25) is 0 Å². The molecule has 0 aromatic rings. The number of hydrogen-bond acceptors (Lipinski definition) is 2. The Hall–Kier alpha value is 0.170. The summed E-state index contributed by atoms with van der Waals surface area (Å²) in [5.74, 6) is -2.35. The molecule has 0 aliphatic rings. The summed E-state index contributed by atoms with van der Waals surface area (Å²) in [6.07, 6.45) is 1.80. The van der Waals surface area contributed by atoms with E-state index >= 15 is 0 Å². The van der Waals surface area contributed by atoms with Crippen molar-refractivity contribution in [2.75, 3.05) is 18.8 Å². The molecular weight excluding hydrogens is 146 g/mol. The molecule has 0 saturated carbocycles. The van der Waals surface area contributed by atoms with Gasteiger partial charge in [0, 0.05) is 6.92 Å². The van der Waals surface area contributed by atoms with Crippen molar-refractivity contribution in [2.45, 2.75) is 12.8 Å². The molecule has 0 spiro atoms. The molecule has 0 unspecified atom stereocenters. The molecule has 1 nitrogen and oxygen atoms in total. The van der Waals surface area contributed by atoms with E-state index in [0.29, 0.717) is 5.94 Å². The normalized spacial score (nSPS) is 12.0. The van der Waals surface area contributed by atoms with Gasteiger partial charge in [0.15, 0.2) is 0 Å². The van der Waals surface area contributed by atoms with Gasteiger partial charge in [-0.05, 0) is 6.26 Å². The molecule has 0 atom stereocenters. The summed E-state index contributed by atoms with van der Waals surface area (Å²) in [4.78, 5) is 0. The molecule has 9 heavy (non-hydrogen) atoms. The first-order valence-electron chi connectivity index (χ1n) is 2.51. The molecule has 0 aromatic heterocycles. The van der Waals surface area contributed by atoms with Crippen LogP contribution in [0.4, 0.5) is 8.78 Å². The van der Waals surface area contributed by atoms with Gasteiger partial charge in [-0.1, -0.05) is 0 Å². The number of alkyl halides is 2. The molecule has 0 saturated heterocycles. The summed E-state index contributed by atoms with van der Waals surface area (Å²) in [6.45, 7) is 0.362. The molecule has 0 bridgehead atoms. The lowest BCUT2D eigenvalue weighted by atomic mass is 10.4. The minimum Gasteiger partial charge on any atom is -0.365 e. The SMILES string of the molecule is CSCOCC(C)(F)F. The van der Waals surface area contributed by atoms with Crippen molar-refractivity contribution in [3.63, 3.8) is 0 Å². The van der Waals surface area contributed by atoms with Gasteiger partial charge in [-0.25, -0.2) is 8.78 Å². The van der Waals surface area contributed by atoms with E-state index in [1.807, 2.05) is 0 Å². The Kier molecular flexibility index (Phi) is 4.14. The van der Waals surface area contributed by atoms with Crippen molar-refractivity contribution < 1.29 is 13.5 Å². The van der Waals surface area contributed by atoms with E-state index in [4.69, 9.17) is 0 Å². The van der Waals surface area contributed by atoms with Gasteiger partial charge in [0.05, 0.1) is 5.94 Å². The van der Waals surface area contributed by atoms with Crippen molar-refractivity contribution in [1.82, 2.24) is 0 Å². The Morgan fingerprint density at radius 2 is 2.11 bits per heavy atom. The summed E-state index contributed by atoms with van der Waals surface area (Å²) in [5, 5.41) is 0. The first-order chi connectivity index (χ1) is 4.06. The van der Waals surface area contributed by atoms with Gasteiger partial charge in [-0.2, -0.15) is 0 Å². The van der Waals surface area contributed by atoms with Crippen LogP contribution in [0.1, 0.15) is 6.92 Å². The van der Waals surface area contributed by atoms with Crippen molar-refractivity contribution in [1.29, 1.82) is 0 Å². The molecule has 0 aliphatic carbocycles. The van der Waals surface area contributed by atoms with E-state index in [1.165, 1.54) is 11.8 Å². The van der Waals surface area contributed by atoms with Gasteiger partial charge in [-0.3, -0.25) is 0 Å². The van der Waals surface area contributed by atoms with E-state index in [9.17, 15) is 8.78 Å². The second-order valence-electron chi connectivity index (χ2n) is 1.83. The van der Waals surface area contributed by atoms with Gasteiger partial charge in [0.2, 0.25) is 0 Å². The fraction of sp³-hybridized carbons (Fsp3) is 1.00. The number of rotatable bonds is 4. The molecular formula is C5H10F2OS. The van der Waals surface area contributed by atoms with Crippen molar-refractivity contribution in [3.05, 3.63) is 0 Å². The topological polar surface area (TPSA) is 9.23 Å². The van der Waals surface area contributed by atoms with E-state index in [1.54, 1.807) is 6.26 Å². The predicted molar refractivity (Wildman–Crippen MR) is 35.0 cm³/mol. The lowest BCUT2D eigenvalue weighted by molar-refractivity contribution is -0.0514. The molecule has 0 N–H and O–H groups in total. The van der Waals surface area contributed by atoms with Crippen LogP contribution in [-0.2, 0) is 4.74 Å². The van der Waals surface area contributed by atoms with Gasteiger partial charge in [0.1, 0.15) is 6.61 Å². The quantitative estimate of drug-likeness (QED) is 0.454. The van der Waals surface area contributed by atoms with E-state index in [2.05, 4.69) is 4.74 Å². The number of ether oxygens (including phenoxy) is 1. The van der Waals surface area contributed by atoms with Crippen LogP contribution in [0.5, 0.6) is 0 Å². The Morgan fingerprint density at radius 1 is 1.56 bits per heavy atom. The third kappa shape index (κ3) is 8.17. The number of halogens is 2. The van der Waals surface area contributed by atoms with Crippen LogP contribution < -0.4 is 0 Å². The first kappa shape index (κ1) is 9.17. The molecule has 0 heterocycles. The third-order valence-electron chi connectivity index (χ3n) is 0.557. The Morgan fingerprint density at radius 3 is 2.44 bits per heavy atom. The standard InChI is InChI=1S/C5H10F2OS/c1-5(6,7)3-8-4-9-2/h3-4H2,1-2H3. The zero-order valence-electron chi connectivity index (χ0n) is 5.49. The van der Waals surface area contributed by atoms with Gasteiger partial charge >= 0.3 is 0 Å². The smallest absolute Gasteiger partial charge is 0.268 e. The number of thioether (sulfide) groups is 1. The van der Waals surface area contributed by atoms with Crippen LogP contribution >= 0.6 is 11.8 Å². The molecule has 0 radical (unpaired) electrons. The average molecular weight is 156 g/mol. The van der Waals surface area contributed by atoms with Crippen LogP contribution in [-0.4, -0.2) is 24.7 Å². The van der Waals surface area contributed by atoms with E-state index in [0.717, 1.165) is 6.92 Å². The van der Waals surface area contributed by atoms with Crippen LogP contribution in [0.25, 0.3) is 0 Å².